The number of hydrogen-bond donors (Lipinski definition) is 0. The molecule has 1 heterocycles. The minimum Gasteiger partial charge on any atom is -0.493 e. The van der Waals surface area contributed by atoms with E-state index in [4.69, 9.17) is 18.6 Å². The molecule has 0 saturated heterocycles. The van der Waals surface area contributed by atoms with Gasteiger partial charge < -0.3 is 18.6 Å². The number of aromatic nitrogens is 2. The van der Waals surface area contributed by atoms with E-state index in [0.717, 1.165) is 5.56 Å². The first-order valence-corrected chi connectivity index (χ1v) is 8.43. The minimum atomic E-state index is 0.449. The fraction of sp³-hybridized carbons (Fsp3) is 0.500. The maximum Gasteiger partial charge on any atom is 0.277 e. The number of thioether (sulfide) groups is 1. The molecule has 3 rings (SSSR count). The summed E-state index contributed by atoms with van der Waals surface area (Å²) in [4.78, 5) is 0. The van der Waals surface area contributed by atoms with Crippen molar-refractivity contribution in [3.8, 4) is 28.7 Å². The molecule has 7 heteroatoms. The van der Waals surface area contributed by atoms with Crippen molar-refractivity contribution >= 4 is 11.8 Å². The Morgan fingerprint density at radius 1 is 1.00 bits per heavy atom. The lowest BCUT2D eigenvalue weighted by molar-refractivity contribution is 0.324. The number of nitrogens with zero attached hydrogens (tertiary/aromatic N) is 2. The van der Waals surface area contributed by atoms with Crippen LogP contribution in [0.2, 0.25) is 0 Å². The third-order valence-corrected chi connectivity index (χ3v) is 5.06. The third kappa shape index (κ3) is 3.39. The Morgan fingerprint density at radius 3 is 2.22 bits per heavy atom. The Kier molecular flexibility index (Phi) is 4.95. The fourth-order valence-corrected chi connectivity index (χ4v) is 3.80. The van der Waals surface area contributed by atoms with E-state index >= 15 is 0 Å². The predicted octanol–water partition coefficient (Wildman–Crippen LogP) is 3.80. The Hall–Kier alpha value is -1.89. The van der Waals surface area contributed by atoms with Gasteiger partial charge >= 0.3 is 0 Å². The van der Waals surface area contributed by atoms with E-state index in [1.807, 2.05) is 0 Å². The first kappa shape index (κ1) is 16.0. The van der Waals surface area contributed by atoms with Crippen molar-refractivity contribution in [1.82, 2.24) is 10.2 Å². The van der Waals surface area contributed by atoms with Gasteiger partial charge in [-0.25, -0.2) is 0 Å². The smallest absolute Gasteiger partial charge is 0.277 e. The molecule has 1 aromatic carbocycles. The second-order valence-corrected chi connectivity index (χ2v) is 6.56. The van der Waals surface area contributed by atoms with Crippen LogP contribution in [-0.2, 0) is 0 Å². The molecule has 0 unspecified atom stereocenters. The van der Waals surface area contributed by atoms with E-state index in [9.17, 15) is 0 Å². The second kappa shape index (κ2) is 7.12. The summed E-state index contributed by atoms with van der Waals surface area (Å²) in [5.41, 5.74) is 0.741. The summed E-state index contributed by atoms with van der Waals surface area (Å²) in [6.45, 7) is 0. The molecular formula is C16H20N2O4S. The maximum absolute atomic E-state index is 5.79. The van der Waals surface area contributed by atoms with Gasteiger partial charge in [-0.1, -0.05) is 24.6 Å². The highest BCUT2D eigenvalue weighted by Gasteiger charge is 2.21. The van der Waals surface area contributed by atoms with Gasteiger partial charge in [0.25, 0.3) is 5.22 Å². The Morgan fingerprint density at radius 2 is 1.65 bits per heavy atom. The van der Waals surface area contributed by atoms with Gasteiger partial charge in [0.2, 0.25) is 11.6 Å². The molecule has 0 spiro atoms. The topological polar surface area (TPSA) is 66.6 Å². The lowest BCUT2D eigenvalue weighted by Crippen LogP contribution is -1.95. The largest absolute Gasteiger partial charge is 0.493 e. The van der Waals surface area contributed by atoms with Crippen molar-refractivity contribution in [2.45, 2.75) is 36.2 Å². The molecule has 124 valence electrons. The first-order valence-electron chi connectivity index (χ1n) is 7.55. The molecule has 1 fully saturated rings. The zero-order chi connectivity index (χ0) is 16.2. The molecule has 23 heavy (non-hydrogen) atoms. The summed E-state index contributed by atoms with van der Waals surface area (Å²) in [5.74, 6) is 2.11. The van der Waals surface area contributed by atoms with Crippen LogP contribution < -0.4 is 14.2 Å². The van der Waals surface area contributed by atoms with Crippen molar-refractivity contribution in [1.29, 1.82) is 0 Å². The van der Waals surface area contributed by atoms with E-state index < -0.39 is 0 Å². The summed E-state index contributed by atoms with van der Waals surface area (Å²) >= 11 is 1.67. The minimum absolute atomic E-state index is 0.449. The van der Waals surface area contributed by atoms with E-state index in [0.29, 0.717) is 33.6 Å². The third-order valence-electron chi connectivity index (χ3n) is 3.89. The normalized spacial score (nSPS) is 14.9. The average Bonchev–Trinajstić information content (AvgIpc) is 3.25. The molecule has 1 saturated carbocycles. The molecule has 1 aliphatic carbocycles. The van der Waals surface area contributed by atoms with Gasteiger partial charge in [0.1, 0.15) is 0 Å². The van der Waals surface area contributed by atoms with Crippen molar-refractivity contribution in [3.63, 3.8) is 0 Å². The van der Waals surface area contributed by atoms with Crippen LogP contribution in [0.5, 0.6) is 17.2 Å². The SMILES string of the molecule is COc1cc(-c2nnc(SC3CCCC3)o2)cc(OC)c1OC. The van der Waals surface area contributed by atoms with Gasteiger partial charge in [-0.2, -0.15) is 0 Å². The summed E-state index contributed by atoms with van der Waals surface area (Å²) in [6, 6.07) is 3.61. The van der Waals surface area contributed by atoms with Crippen LogP contribution in [0.25, 0.3) is 11.5 Å². The second-order valence-electron chi connectivity index (χ2n) is 5.31. The molecular weight excluding hydrogens is 316 g/mol. The standard InChI is InChI=1S/C16H20N2O4S/c1-19-12-8-10(9-13(20-2)14(12)21-3)15-17-18-16(22-15)23-11-6-4-5-7-11/h8-9,11H,4-7H2,1-3H3. The Bertz CT molecular complexity index is 643. The van der Waals surface area contributed by atoms with Gasteiger partial charge in [-0.3, -0.25) is 0 Å². The maximum atomic E-state index is 5.79. The molecule has 1 aliphatic rings. The van der Waals surface area contributed by atoms with E-state index in [1.165, 1.54) is 25.7 Å². The quantitative estimate of drug-likeness (QED) is 0.795. The predicted molar refractivity (Wildman–Crippen MR) is 87.5 cm³/mol. The zero-order valence-electron chi connectivity index (χ0n) is 13.5. The molecule has 0 amide bonds. The van der Waals surface area contributed by atoms with Crippen LogP contribution >= 0.6 is 11.8 Å². The molecule has 0 aliphatic heterocycles. The molecule has 0 radical (unpaired) electrons. The van der Waals surface area contributed by atoms with Crippen LogP contribution in [-0.4, -0.2) is 36.8 Å². The Labute approximate surface area is 139 Å². The lowest BCUT2D eigenvalue weighted by Gasteiger charge is -2.12. The van der Waals surface area contributed by atoms with Crippen LogP contribution in [0.4, 0.5) is 0 Å². The molecule has 0 atom stereocenters. The number of methoxy groups -OCH3 is 3. The van der Waals surface area contributed by atoms with E-state index in [2.05, 4.69) is 10.2 Å². The van der Waals surface area contributed by atoms with Gasteiger partial charge in [0.05, 0.1) is 21.3 Å². The number of rotatable bonds is 6. The first-order chi connectivity index (χ1) is 11.2. The molecule has 0 bridgehead atoms. The van der Waals surface area contributed by atoms with Crippen molar-refractivity contribution in [2.75, 3.05) is 21.3 Å². The molecule has 6 nitrogen and oxygen atoms in total. The summed E-state index contributed by atoms with van der Waals surface area (Å²) in [5, 5.41) is 9.49. The summed E-state index contributed by atoms with van der Waals surface area (Å²) < 4.78 is 21.8. The van der Waals surface area contributed by atoms with Crippen molar-refractivity contribution in [2.24, 2.45) is 0 Å². The Balaban J connectivity index is 1.87. The fourth-order valence-electron chi connectivity index (χ4n) is 2.73. The average molecular weight is 336 g/mol. The molecule has 2 aromatic rings. The van der Waals surface area contributed by atoms with E-state index in [-0.39, 0.29) is 0 Å². The van der Waals surface area contributed by atoms with Gasteiger partial charge in [-0.05, 0) is 25.0 Å². The van der Waals surface area contributed by atoms with Crippen LogP contribution in [0.15, 0.2) is 21.8 Å². The van der Waals surface area contributed by atoms with Gasteiger partial charge in [-0.15, -0.1) is 10.2 Å². The number of ether oxygens (including phenoxy) is 3. The number of benzene rings is 1. The molecule has 0 N–H and O–H groups in total. The summed E-state index contributed by atoms with van der Waals surface area (Å²) in [6.07, 6.45) is 5.00. The van der Waals surface area contributed by atoms with E-state index in [1.54, 1.807) is 45.2 Å². The highest BCUT2D eigenvalue weighted by molar-refractivity contribution is 7.99. The number of hydrogen-bond acceptors (Lipinski definition) is 7. The monoisotopic (exact) mass is 336 g/mol. The highest BCUT2D eigenvalue weighted by Crippen LogP contribution is 2.41. The van der Waals surface area contributed by atoms with Crippen LogP contribution in [0.3, 0.4) is 0 Å². The van der Waals surface area contributed by atoms with Gasteiger partial charge in [0.15, 0.2) is 11.5 Å². The van der Waals surface area contributed by atoms with Gasteiger partial charge in [0, 0.05) is 10.8 Å². The van der Waals surface area contributed by atoms with Crippen LogP contribution in [0.1, 0.15) is 25.7 Å². The summed E-state index contributed by atoms with van der Waals surface area (Å²) in [7, 11) is 4.73. The van der Waals surface area contributed by atoms with Crippen molar-refractivity contribution in [3.05, 3.63) is 12.1 Å². The lowest BCUT2D eigenvalue weighted by atomic mass is 10.2. The zero-order valence-corrected chi connectivity index (χ0v) is 14.3. The van der Waals surface area contributed by atoms with Crippen molar-refractivity contribution < 1.29 is 18.6 Å². The molecule has 1 aromatic heterocycles. The van der Waals surface area contributed by atoms with Crippen LogP contribution in [0, 0.1) is 0 Å². The highest BCUT2D eigenvalue weighted by atomic mass is 32.2.